The van der Waals surface area contributed by atoms with E-state index >= 15 is 0 Å². The van der Waals surface area contributed by atoms with E-state index in [1.165, 1.54) is 25.7 Å². The minimum Gasteiger partial charge on any atom is -0.311 e. The summed E-state index contributed by atoms with van der Waals surface area (Å²) in [4.78, 5) is 3.67. The Bertz CT molecular complexity index is 164. The van der Waals surface area contributed by atoms with Crippen molar-refractivity contribution < 1.29 is 0 Å². The Morgan fingerprint density at radius 1 is 1.31 bits per heavy atom. The Hall–Kier alpha value is -0.510. The molecule has 0 aromatic carbocycles. The van der Waals surface area contributed by atoms with Crippen molar-refractivity contribution in [1.82, 2.24) is 0 Å². The second kappa shape index (κ2) is 6.02. The second-order valence-corrected chi connectivity index (χ2v) is 4.54. The van der Waals surface area contributed by atoms with Crippen molar-refractivity contribution in [1.29, 1.82) is 0 Å². The summed E-state index contributed by atoms with van der Waals surface area (Å²) < 4.78 is 0. The van der Waals surface area contributed by atoms with Crippen LogP contribution >= 0.6 is 0 Å². The van der Waals surface area contributed by atoms with Gasteiger partial charge in [-0.3, -0.25) is 0 Å². The monoisotopic (exact) mass is 181 g/mol. The molecule has 0 rings (SSSR count). The normalized spacial score (nSPS) is 13.8. The first-order chi connectivity index (χ1) is 6.05. The van der Waals surface area contributed by atoms with Crippen molar-refractivity contribution in [2.24, 2.45) is 5.92 Å². The lowest BCUT2D eigenvalue weighted by Gasteiger charge is -2.19. The summed E-state index contributed by atoms with van der Waals surface area (Å²) in [6, 6.07) is 0. The van der Waals surface area contributed by atoms with Gasteiger partial charge in [-0.15, -0.1) is 0 Å². The van der Waals surface area contributed by atoms with Gasteiger partial charge in [0.05, 0.1) is 0 Å². The molecule has 0 N–H and O–H groups in total. The molecule has 0 aromatic heterocycles. The second-order valence-electron chi connectivity index (χ2n) is 4.54. The highest BCUT2D eigenvalue weighted by atomic mass is 14.8. The fraction of sp³-hybridized carbons (Fsp3) is 0.917. The molecule has 0 amide bonds. The summed E-state index contributed by atoms with van der Waals surface area (Å²) in [7, 11) is 0. The molecule has 0 aliphatic carbocycles. The Kier molecular flexibility index (Phi) is 5.79. The highest BCUT2D eigenvalue weighted by molar-refractivity contribution is 4.91. The van der Waals surface area contributed by atoms with Crippen molar-refractivity contribution >= 4 is 0 Å². The standard InChI is InChI=1S/C12H23N/c1-6-8-9-11(7-2)10-12(3,4)13-5/h11H,6-10H2,1-4H3. The average Bonchev–Trinajstić information content (AvgIpc) is 2.12. The first kappa shape index (κ1) is 12.5. The molecule has 1 nitrogen and oxygen atoms in total. The summed E-state index contributed by atoms with van der Waals surface area (Å²) in [5.41, 5.74) is -0.144. The molecule has 76 valence electrons. The van der Waals surface area contributed by atoms with Crippen LogP contribution in [0.4, 0.5) is 0 Å². The molecule has 0 fully saturated rings. The van der Waals surface area contributed by atoms with Gasteiger partial charge in [-0.25, -0.2) is 6.57 Å². The number of unbranched alkanes of at least 4 members (excludes halogenated alkanes) is 1. The third-order valence-electron chi connectivity index (χ3n) is 2.63. The van der Waals surface area contributed by atoms with Crippen molar-refractivity contribution in [2.45, 2.75) is 65.3 Å². The lowest BCUT2D eigenvalue weighted by Crippen LogP contribution is -2.19. The van der Waals surface area contributed by atoms with Gasteiger partial charge >= 0.3 is 0 Å². The SMILES string of the molecule is [C-]#[N+]C(C)(C)CC(CC)CCCC. The number of hydrogen-bond donors (Lipinski definition) is 0. The van der Waals surface area contributed by atoms with Crippen molar-refractivity contribution in [3.8, 4) is 0 Å². The van der Waals surface area contributed by atoms with Crippen LogP contribution in [0.2, 0.25) is 0 Å². The number of nitrogens with zero attached hydrogens (tertiary/aromatic N) is 1. The molecular weight excluding hydrogens is 158 g/mol. The molecule has 0 radical (unpaired) electrons. The summed E-state index contributed by atoms with van der Waals surface area (Å²) in [6.45, 7) is 15.6. The average molecular weight is 181 g/mol. The van der Waals surface area contributed by atoms with Gasteiger partial charge in [-0.05, 0) is 5.92 Å². The highest BCUT2D eigenvalue weighted by Crippen LogP contribution is 2.26. The molecule has 0 aliphatic rings. The van der Waals surface area contributed by atoms with E-state index in [4.69, 9.17) is 6.57 Å². The van der Waals surface area contributed by atoms with Crippen LogP contribution in [-0.2, 0) is 0 Å². The molecule has 13 heavy (non-hydrogen) atoms. The lowest BCUT2D eigenvalue weighted by molar-refractivity contribution is 0.359. The molecule has 1 atom stereocenters. The zero-order valence-corrected chi connectivity index (χ0v) is 9.56. The zero-order valence-electron chi connectivity index (χ0n) is 9.56. The molecular formula is C12H23N. The summed E-state index contributed by atoms with van der Waals surface area (Å²) in [6.07, 6.45) is 6.17. The van der Waals surface area contributed by atoms with Gasteiger partial charge in [0, 0.05) is 20.3 Å². The van der Waals surface area contributed by atoms with E-state index in [1.54, 1.807) is 0 Å². The third kappa shape index (κ3) is 5.69. The van der Waals surface area contributed by atoms with E-state index in [2.05, 4.69) is 32.5 Å². The van der Waals surface area contributed by atoms with Gasteiger partial charge < -0.3 is 4.85 Å². The Morgan fingerprint density at radius 2 is 1.92 bits per heavy atom. The smallest absolute Gasteiger partial charge is 0.227 e. The number of hydrogen-bond acceptors (Lipinski definition) is 0. The van der Waals surface area contributed by atoms with E-state index in [1.807, 2.05) is 0 Å². The summed E-state index contributed by atoms with van der Waals surface area (Å²) >= 11 is 0. The summed E-state index contributed by atoms with van der Waals surface area (Å²) in [5.74, 6) is 0.754. The third-order valence-corrected chi connectivity index (χ3v) is 2.63. The predicted octanol–water partition coefficient (Wildman–Crippen LogP) is 4.29. The van der Waals surface area contributed by atoms with Crippen LogP contribution < -0.4 is 0 Å². The van der Waals surface area contributed by atoms with Gasteiger partial charge in [0.2, 0.25) is 5.54 Å². The van der Waals surface area contributed by atoms with E-state index in [9.17, 15) is 0 Å². The van der Waals surface area contributed by atoms with Crippen LogP contribution in [-0.4, -0.2) is 5.54 Å². The van der Waals surface area contributed by atoms with Crippen molar-refractivity contribution in [3.63, 3.8) is 0 Å². The van der Waals surface area contributed by atoms with Crippen LogP contribution in [0.3, 0.4) is 0 Å². The molecule has 0 bridgehead atoms. The first-order valence-corrected chi connectivity index (χ1v) is 5.44. The van der Waals surface area contributed by atoms with Gasteiger partial charge in [0.1, 0.15) is 0 Å². The Balaban J connectivity index is 3.91. The zero-order chi connectivity index (χ0) is 10.3. The Labute approximate surface area is 83.4 Å². The van der Waals surface area contributed by atoms with Crippen LogP contribution in [0.5, 0.6) is 0 Å². The van der Waals surface area contributed by atoms with E-state index < -0.39 is 0 Å². The van der Waals surface area contributed by atoms with Crippen LogP contribution in [0, 0.1) is 12.5 Å². The van der Waals surface area contributed by atoms with Gasteiger partial charge in [0.15, 0.2) is 0 Å². The lowest BCUT2D eigenvalue weighted by atomic mass is 9.86. The molecule has 0 heterocycles. The van der Waals surface area contributed by atoms with Crippen LogP contribution in [0.15, 0.2) is 0 Å². The maximum absolute atomic E-state index is 7.08. The van der Waals surface area contributed by atoms with Gasteiger partial charge in [-0.1, -0.05) is 39.5 Å². The minimum absolute atomic E-state index is 0.144. The molecule has 0 saturated heterocycles. The van der Waals surface area contributed by atoms with Crippen LogP contribution in [0.25, 0.3) is 4.85 Å². The molecule has 1 unspecified atom stereocenters. The fourth-order valence-corrected chi connectivity index (χ4v) is 1.70. The van der Waals surface area contributed by atoms with E-state index in [0.717, 1.165) is 12.3 Å². The molecule has 0 aromatic rings. The predicted molar refractivity (Wildman–Crippen MR) is 58.6 cm³/mol. The maximum Gasteiger partial charge on any atom is 0.227 e. The highest BCUT2D eigenvalue weighted by Gasteiger charge is 2.26. The number of rotatable bonds is 6. The summed E-state index contributed by atoms with van der Waals surface area (Å²) in [5, 5.41) is 0. The van der Waals surface area contributed by atoms with E-state index in [0.29, 0.717) is 0 Å². The van der Waals surface area contributed by atoms with E-state index in [-0.39, 0.29) is 5.54 Å². The van der Waals surface area contributed by atoms with Crippen molar-refractivity contribution in [2.75, 3.05) is 0 Å². The maximum atomic E-state index is 7.08. The fourth-order valence-electron chi connectivity index (χ4n) is 1.70. The Morgan fingerprint density at radius 3 is 2.31 bits per heavy atom. The largest absolute Gasteiger partial charge is 0.311 e. The first-order valence-electron chi connectivity index (χ1n) is 5.44. The molecule has 1 heteroatoms. The van der Waals surface area contributed by atoms with Crippen LogP contribution in [0.1, 0.15) is 59.8 Å². The topological polar surface area (TPSA) is 4.36 Å². The quantitative estimate of drug-likeness (QED) is 0.538. The molecule has 0 saturated carbocycles. The van der Waals surface area contributed by atoms with Crippen molar-refractivity contribution in [3.05, 3.63) is 11.4 Å². The minimum atomic E-state index is -0.144. The molecule has 0 aliphatic heterocycles. The van der Waals surface area contributed by atoms with Gasteiger partial charge in [0.25, 0.3) is 0 Å². The molecule has 0 spiro atoms. The van der Waals surface area contributed by atoms with Gasteiger partial charge in [-0.2, -0.15) is 0 Å².